The number of carbonyl (C=O) groups excluding carboxylic acids is 2. The number of amides is 1. The molecule has 68 valence electrons. The number of carboxylic acid groups (broad SMARTS) is 1. The van der Waals surface area contributed by atoms with Crippen molar-refractivity contribution < 1.29 is 19.5 Å². The molecule has 0 heterocycles. The summed E-state index contributed by atoms with van der Waals surface area (Å²) in [6.45, 7) is 1.28. The molecule has 0 saturated heterocycles. The van der Waals surface area contributed by atoms with Gasteiger partial charge in [-0.25, -0.2) is 0 Å². The highest BCUT2D eigenvalue weighted by Crippen LogP contribution is 1.94. The average Bonchev–Trinajstić information content (AvgIpc) is 1.97. The highest BCUT2D eigenvalue weighted by molar-refractivity contribution is 5.77. The molecule has 0 unspecified atom stereocenters. The molecule has 0 aliphatic rings. The molecule has 2 N–H and O–H groups in total. The van der Waals surface area contributed by atoms with Crippen LogP contribution in [0.2, 0.25) is 0 Å². The van der Waals surface area contributed by atoms with Gasteiger partial charge in [0, 0.05) is 13.3 Å². The van der Waals surface area contributed by atoms with Crippen LogP contribution >= 0.6 is 0 Å². The van der Waals surface area contributed by atoms with Crippen molar-refractivity contribution in [2.75, 3.05) is 0 Å². The minimum atomic E-state index is -0.979. The van der Waals surface area contributed by atoms with Crippen molar-refractivity contribution in [2.45, 2.75) is 25.8 Å². The van der Waals surface area contributed by atoms with Gasteiger partial charge in [0.05, 0.1) is 6.04 Å². The molecule has 0 aromatic carbocycles. The molecule has 0 bridgehead atoms. The average molecular weight is 173 g/mol. The van der Waals surface area contributed by atoms with Gasteiger partial charge < -0.3 is 15.2 Å². The zero-order chi connectivity index (χ0) is 9.56. The van der Waals surface area contributed by atoms with E-state index >= 15 is 0 Å². The molecule has 0 aromatic heterocycles. The molecule has 0 radical (unpaired) electrons. The Bertz CT molecular complexity index is 190. The monoisotopic (exact) mass is 173 g/mol. The van der Waals surface area contributed by atoms with Gasteiger partial charge in [-0.05, 0) is 6.42 Å². The molecular formula is C7H11NO4. The Morgan fingerprint density at radius 3 is 2.50 bits per heavy atom. The standard InChI is InChI=1S/C7H11NO4/c1-5(10)8-6(4-9)2-3-7(11)12/h4,6H,2-3H2,1H3,(H,8,10)(H,11,12)/t6-/m1/s1. The van der Waals surface area contributed by atoms with Crippen LogP contribution in [0.3, 0.4) is 0 Å². The topological polar surface area (TPSA) is 83.5 Å². The Morgan fingerprint density at radius 2 is 2.17 bits per heavy atom. The second-order valence-electron chi connectivity index (χ2n) is 2.38. The van der Waals surface area contributed by atoms with E-state index in [1.54, 1.807) is 0 Å². The highest BCUT2D eigenvalue weighted by atomic mass is 16.4. The minimum absolute atomic E-state index is 0.121. The molecule has 5 nitrogen and oxygen atoms in total. The van der Waals surface area contributed by atoms with Crippen LogP contribution in [0, 0.1) is 0 Å². The van der Waals surface area contributed by atoms with Crippen LogP contribution in [0.15, 0.2) is 0 Å². The Balaban J connectivity index is 3.75. The van der Waals surface area contributed by atoms with E-state index in [1.165, 1.54) is 6.92 Å². The van der Waals surface area contributed by atoms with Crippen molar-refractivity contribution in [2.24, 2.45) is 0 Å². The maximum Gasteiger partial charge on any atom is 0.303 e. The summed E-state index contributed by atoms with van der Waals surface area (Å²) in [6.07, 6.45) is 0.548. The first-order valence-electron chi connectivity index (χ1n) is 3.50. The maximum absolute atomic E-state index is 10.4. The van der Waals surface area contributed by atoms with E-state index in [9.17, 15) is 14.4 Å². The molecule has 0 aliphatic carbocycles. The SMILES string of the molecule is CC(=O)N[C@@H](C=O)CCC(=O)O. The lowest BCUT2D eigenvalue weighted by Crippen LogP contribution is -2.34. The van der Waals surface area contributed by atoms with Gasteiger partial charge >= 0.3 is 5.97 Å². The van der Waals surface area contributed by atoms with Gasteiger partial charge in [0.2, 0.25) is 5.91 Å². The third kappa shape index (κ3) is 5.40. The third-order valence-electron chi connectivity index (χ3n) is 1.22. The lowest BCUT2D eigenvalue weighted by molar-refractivity contribution is -0.137. The van der Waals surface area contributed by atoms with E-state index in [0.717, 1.165) is 0 Å². The molecule has 5 heteroatoms. The van der Waals surface area contributed by atoms with Gasteiger partial charge in [-0.15, -0.1) is 0 Å². The van der Waals surface area contributed by atoms with Crippen molar-refractivity contribution >= 4 is 18.2 Å². The zero-order valence-corrected chi connectivity index (χ0v) is 6.74. The number of rotatable bonds is 5. The van der Waals surface area contributed by atoms with Crippen molar-refractivity contribution in [3.05, 3.63) is 0 Å². The number of nitrogens with one attached hydrogen (secondary N) is 1. The third-order valence-corrected chi connectivity index (χ3v) is 1.22. The maximum atomic E-state index is 10.4. The number of aliphatic carboxylic acids is 1. The van der Waals surface area contributed by atoms with Crippen LogP contribution < -0.4 is 5.32 Å². The van der Waals surface area contributed by atoms with E-state index in [-0.39, 0.29) is 18.7 Å². The molecule has 12 heavy (non-hydrogen) atoms. The quantitative estimate of drug-likeness (QED) is 0.552. The van der Waals surface area contributed by atoms with Gasteiger partial charge in [0.25, 0.3) is 0 Å². The molecule has 0 saturated carbocycles. The van der Waals surface area contributed by atoms with E-state index in [1.807, 2.05) is 0 Å². The van der Waals surface area contributed by atoms with Crippen molar-refractivity contribution in [3.8, 4) is 0 Å². The first-order valence-corrected chi connectivity index (χ1v) is 3.50. The molecule has 0 aliphatic heterocycles. The fraction of sp³-hybridized carbons (Fsp3) is 0.571. The predicted octanol–water partition coefficient (Wildman–Crippen LogP) is -0.445. The number of carboxylic acids is 1. The van der Waals surface area contributed by atoms with Crippen molar-refractivity contribution in [1.82, 2.24) is 5.32 Å². The summed E-state index contributed by atoms with van der Waals surface area (Å²) in [5.74, 6) is -1.32. The largest absolute Gasteiger partial charge is 0.481 e. The lowest BCUT2D eigenvalue weighted by atomic mass is 10.2. The first-order chi connectivity index (χ1) is 5.56. The van der Waals surface area contributed by atoms with Gasteiger partial charge in [-0.2, -0.15) is 0 Å². The summed E-state index contributed by atoms with van der Waals surface area (Å²) in [6, 6.07) is -0.682. The summed E-state index contributed by atoms with van der Waals surface area (Å²) in [5.41, 5.74) is 0. The Labute approximate surface area is 69.8 Å². The predicted molar refractivity (Wildman–Crippen MR) is 40.5 cm³/mol. The van der Waals surface area contributed by atoms with Crippen molar-refractivity contribution in [3.63, 3.8) is 0 Å². The molecule has 1 amide bonds. The van der Waals surface area contributed by atoms with E-state index < -0.39 is 12.0 Å². The summed E-state index contributed by atoms with van der Waals surface area (Å²) in [7, 11) is 0. The smallest absolute Gasteiger partial charge is 0.303 e. The second-order valence-corrected chi connectivity index (χ2v) is 2.38. The molecule has 0 fully saturated rings. The van der Waals surface area contributed by atoms with Crippen LogP contribution in [0.4, 0.5) is 0 Å². The molecule has 1 atom stereocenters. The normalized spacial score (nSPS) is 11.8. The number of carbonyl (C=O) groups is 3. The summed E-state index contributed by atoms with van der Waals surface area (Å²) < 4.78 is 0. The minimum Gasteiger partial charge on any atom is -0.481 e. The van der Waals surface area contributed by atoms with Crippen LogP contribution in [0.25, 0.3) is 0 Å². The first kappa shape index (κ1) is 10.6. The number of aldehydes is 1. The number of hydrogen-bond acceptors (Lipinski definition) is 3. The van der Waals surface area contributed by atoms with Crippen LogP contribution in [0.1, 0.15) is 19.8 Å². The van der Waals surface area contributed by atoms with Gasteiger partial charge in [0.1, 0.15) is 6.29 Å². The zero-order valence-electron chi connectivity index (χ0n) is 6.74. The molecule has 0 spiro atoms. The summed E-state index contributed by atoms with van der Waals surface area (Å²) in [5, 5.41) is 10.6. The van der Waals surface area contributed by atoms with E-state index in [2.05, 4.69) is 5.32 Å². The Morgan fingerprint density at radius 1 is 1.58 bits per heavy atom. The van der Waals surface area contributed by atoms with Crippen molar-refractivity contribution in [1.29, 1.82) is 0 Å². The van der Waals surface area contributed by atoms with Crippen LogP contribution in [-0.2, 0) is 14.4 Å². The van der Waals surface area contributed by atoms with E-state index in [0.29, 0.717) is 6.29 Å². The summed E-state index contributed by atoms with van der Waals surface area (Å²) >= 11 is 0. The van der Waals surface area contributed by atoms with Crippen LogP contribution in [-0.4, -0.2) is 29.3 Å². The molecular weight excluding hydrogens is 162 g/mol. The Hall–Kier alpha value is -1.39. The van der Waals surface area contributed by atoms with Gasteiger partial charge in [0.15, 0.2) is 0 Å². The summed E-state index contributed by atoms with van der Waals surface area (Å²) in [4.78, 5) is 30.8. The highest BCUT2D eigenvalue weighted by Gasteiger charge is 2.09. The lowest BCUT2D eigenvalue weighted by Gasteiger charge is -2.08. The fourth-order valence-corrected chi connectivity index (χ4v) is 0.714. The number of hydrogen-bond donors (Lipinski definition) is 2. The van der Waals surface area contributed by atoms with Crippen LogP contribution in [0.5, 0.6) is 0 Å². The second kappa shape index (κ2) is 5.29. The van der Waals surface area contributed by atoms with Gasteiger partial charge in [-0.3, -0.25) is 9.59 Å². The molecule has 0 rings (SSSR count). The van der Waals surface area contributed by atoms with E-state index in [4.69, 9.17) is 5.11 Å². The Kier molecular flexibility index (Phi) is 4.67. The van der Waals surface area contributed by atoms with Gasteiger partial charge in [-0.1, -0.05) is 0 Å². The molecule has 0 aromatic rings. The fourth-order valence-electron chi connectivity index (χ4n) is 0.714.